The van der Waals surface area contributed by atoms with E-state index in [1.165, 1.54) is 5.56 Å². The predicted molar refractivity (Wildman–Crippen MR) is 62.8 cm³/mol. The third-order valence-corrected chi connectivity index (χ3v) is 2.63. The molecule has 0 radical (unpaired) electrons. The fraction of sp³-hybridized carbons (Fsp3) is 0.231. The standard InChI is InChI=1S/C13H13N3/c1-9-5-3-4-6-11(9)13-15-10(2)12(16-13)7-8-14/h3-6H,7H2,1-2H3,(H,15,16). The highest BCUT2D eigenvalue weighted by atomic mass is 14.9. The zero-order chi connectivity index (χ0) is 11.5. The second-order valence-corrected chi connectivity index (χ2v) is 3.81. The molecular weight excluding hydrogens is 198 g/mol. The van der Waals surface area contributed by atoms with Gasteiger partial charge in [-0.3, -0.25) is 0 Å². The van der Waals surface area contributed by atoms with E-state index in [-0.39, 0.29) is 0 Å². The molecule has 1 aromatic heterocycles. The normalized spacial score (nSPS) is 10.1. The molecule has 0 amide bonds. The first-order chi connectivity index (χ1) is 7.72. The number of aromatic amines is 1. The lowest BCUT2D eigenvalue weighted by molar-refractivity contribution is 1.12. The fourth-order valence-electron chi connectivity index (χ4n) is 1.71. The predicted octanol–water partition coefficient (Wildman–Crippen LogP) is 2.76. The van der Waals surface area contributed by atoms with Gasteiger partial charge in [-0.25, -0.2) is 4.98 Å². The van der Waals surface area contributed by atoms with Crippen LogP contribution in [0.1, 0.15) is 17.0 Å². The molecular formula is C13H13N3. The van der Waals surface area contributed by atoms with Crippen LogP contribution in [0.15, 0.2) is 24.3 Å². The first-order valence-corrected chi connectivity index (χ1v) is 5.21. The van der Waals surface area contributed by atoms with Crippen molar-refractivity contribution in [3.63, 3.8) is 0 Å². The van der Waals surface area contributed by atoms with Crippen LogP contribution in [0.3, 0.4) is 0 Å². The molecule has 0 spiro atoms. The quantitative estimate of drug-likeness (QED) is 0.830. The molecule has 0 saturated heterocycles. The number of aryl methyl sites for hydroxylation is 2. The maximum absolute atomic E-state index is 8.67. The molecule has 0 bridgehead atoms. The first kappa shape index (κ1) is 10.4. The molecule has 2 rings (SSSR count). The topological polar surface area (TPSA) is 52.5 Å². The molecule has 0 atom stereocenters. The molecule has 1 N–H and O–H groups in total. The zero-order valence-corrected chi connectivity index (χ0v) is 9.41. The summed E-state index contributed by atoms with van der Waals surface area (Å²) in [4.78, 5) is 7.68. The molecule has 1 aromatic carbocycles. The van der Waals surface area contributed by atoms with Gasteiger partial charge in [0.25, 0.3) is 0 Å². The van der Waals surface area contributed by atoms with Crippen molar-refractivity contribution in [3.8, 4) is 17.5 Å². The van der Waals surface area contributed by atoms with Crippen molar-refractivity contribution in [2.24, 2.45) is 0 Å². The number of hydrogen-bond acceptors (Lipinski definition) is 2. The summed E-state index contributed by atoms with van der Waals surface area (Å²) in [5.74, 6) is 0.848. The average molecular weight is 211 g/mol. The van der Waals surface area contributed by atoms with Gasteiger partial charge in [0.05, 0.1) is 18.2 Å². The summed E-state index contributed by atoms with van der Waals surface area (Å²) in [6, 6.07) is 10.2. The van der Waals surface area contributed by atoms with E-state index in [1.807, 2.05) is 25.1 Å². The fourth-order valence-corrected chi connectivity index (χ4v) is 1.71. The number of imidazole rings is 1. The minimum absolute atomic E-state index is 0.355. The summed E-state index contributed by atoms with van der Waals surface area (Å²) in [6.07, 6.45) is 0.355. The zero-order valence-electron chi connectivity index (χ0n) is 9.41. The van der Waals surface area contributed by atoms with Crippen LogP contribution in [0, 0.1) is 25.2 Å². The lowest BCUT2D eigenvalue weighted by Crippen LogP contribution is -1.86. The molecule has 3 heteroatoms. The van der Waals surface area contributed by atoms with Gasteiger partial charge in [-0.05, 0) is 19.4 Å². The third-order valence-electron chi connectivity index (χ3n) is 2.63. The van der Waals surface area contributed by atoms with Gasteiger partial charge in [0, 0.05) is 11.3 Å². The van der Waals surface area contributed by atoms with Gasteiger partial charge in [0.15, 0.2) is 0 Å². The maximum atomic E-state index is 8.67. The summed E-state index contributed by atoms with van der Waals surface area (Å²) in [5.41, 5.74) is 4.08. The van der Waals surface area contributed by atoms with Crippen LogP contribution >= 0.6 is 0 Å². The van der Waals surface area contributed by atoms with E-state index in [0.29, 0.717) is 6.42 Å². The summed E-state index contributed by atoms with van der Waals surface area (Å²) in [6.45, 7) is 4.00. The van der Waals surface area contributed by atoms with Gasteiger partial charge in [-0.1, -0.05) is 24.3 Å². The Labute approximate surface area is 94.8 Å². The van der Waals surface area contributed by atoms with Gasteiger partial charge >= 0.3 is 0 Å². The minimum atomic E-state index is 0.355. The largest absolute Gasteiger partial charge is 0.342 e. The maximum Gasteiger partial charge on any atom is 0.138 e. The molecule has 3 nitrogen and oxygen atoms in total. The van der Waals surface area contributed by atoms with Crippen LogP contribution in [0.5, 0.6) is 0 Å². The molecule has 0 saturated carbocycles. The van der Waals surface area contributed by atoms with Crippen LogP contribution in [-0.2, 0) is 6.42 Å². The number of nitrogens with one attached hydrogen (secondary N) is 1. The molecule has 2 aromatic rings. The molecule has 0 aliphatic carbocycles. The Hall–Kier alpha value is -2.08. The van der Waals surface area contributed by atoms with Gasteiger partial charge in [0.1, 0.15) is 5.82 Å². The van der Waals surface area contributed by atoms with E-state index in [2.05, 4.69) is 29.0 Å². The van der Waals surface area contributed by atoms with E-state index in [4.69, 9.17) is 5.26 Å². The van der Waals surface area contributed by atoms with Crippen LogP contribution in [0.4, 0.5) is 0 Å². The van der Waals surface area contributed by atoms with Crippen LogP contribution in [0.2, 0.25) is 0 Å². The average Bonchev–Trinajstić information content (AvgIpc) is 2.61. The Kier molecular flexibility index (Phi) is 2.74. The number of H-pyrrole nitrogens is 1. The van der Waals surface area contributed by atoms with Gasteiger partial charge in [-0.15, -0.1) is 0 Å². The SMILES string of the molecule is Cc1ccccc1-c1nc(CC#N)c(C)[nH]1. The van der Waals surface area contributed by atoms with E-state index < -0.39 is 0 Å². The highest BCUT2D eigenvalue weighted by Crippen LogP contribution is 2.21. The Bertz CT molecular complexity index is 547. The van der Waals surface area contributed by atoms with Crippen molar-refractivity contribution in [1.29, 1.82) is 5.26 Å². The first-order valence-electron chi connectivity index (χ1n) is 5.21. The van der Waals surface area contributed by atoms with E-state index in [0.717, 1.165) is 22.8 Å². The smallest absolute Gasteiger partial charge is 0.138 e. The highest BCUT2D eigenvalue weighted by molar-refractivity contribution is 5.60. The highest BCUT2D eigenvalue weighted by Gasteiger charge is 2.09. The van der Waals surface area contributed by atoms with Gasteiger partial charge in [0.2, 0.25) is 0 Å². The van der Waals surface area contributed by atoms with Crippen molar-refractivity contribution in [2.75, 3.05) is 0 Å². The van der Waals surface area contributed by atoms with Crippen molar-refractivity contribution < 1.29 is 0 Å². The van der Waals surface area contributed by atoms with Crippen molar-refractivity contribution in [3.05, 3.63) is 41.2 Å². The van der Waals surface area contributed by atoms with Crippen molar-refractivity contribution >= 4 is 0 Å². The second-order valence-electron chi connectivity index (χ2n) is 3.81. The molecule has 16 heavy (non-hydrogen) atoms. The van der Waals surface area contributed by atoms with E-state index in [1.54, 1.807) is 0 Å². The molecule has 80 valence electrons. The summed E-state index contributed by atoms with van der Waals surface area (Å²) in [7, 11) is 0. The molecule has 0 unspecified atom stereocenters. The van der Waals surface area contributed by atoms with Gasteiger partial charge in [-0.2, -0.15) is 5.26 Å². The van der Waals surface area contributed by atoms with E-state index in [9.17, 15) is 0 Å². The number of hydrogen-bond donors (Lipinski definition) is 1. The van der Waals surface area contributed by atoms with Crippen LogP contribution in [-0.4, -0.2) is 9.97 Å². The number of nitriles is 1. The van der Waals surface area contributed by atoms with E-state index >= 15 is 0 Å². The Morgan fingerprint density at radius 1 is 1.31 bits per heavy atom. The van der Waals surface area contributed by atoms with Gasteiger partial charge < -0.3 is 4.98 Å². The molecule has 1 heterocycles. The summed E-state index contributed by atoms with van der Waals surface area (Å²) in [5, 5.41) is 8.67. The Morgan fingerprint density at radius 2 is 2.06 bits per heavy atom. The van der Waals surface area contributed by atoms with Crippen molar-refractivity contribution in [2.45, 2.75) is 20.3 Å². The minimum Gasteiger partial charge on any atom is -0.342 e. The number of aromatic nitrogens is 2. The van der Waals surface area contributed by atoms with Crippen LogP contribution < -0.4 is 0 Å². The molecule has 0 aliphatic heterocycles. The second kappa shape index (κ2) is 4.19. The third kappa shape index (κ3) is 1.82. The Balaban J connectivity index is 2.46. The molecule has 0 aliphatic rings. The summed E-state index contributed by atoms with van der Waals surface area (Å²) >= 11 is 0. The van der Waals surface area contributed by atoms with Crippen LogP contribution in [0.25, 0.3) is 11.4 Å². The monoisotopic (exact) mass is 211 g/mol. The number of benzene rings is 1. The summed E-state index contributed by atoms with van der Waals surface area (Å²) < 4.78 is 0. The molecule has 0 fully saturated rings. The number of nitrogens with zero attached hydrogens (tertiary/aromatic N) is 2. The van der Waals surface area contributed by atoms with Crippen molar-refractivity contribution in [1.82, 2.24) is 9.97 Å². The Morgan fingerprint density at radius 3 is 2.75 bits per heavy atom. The lowest BCUT2D eigenvalue weighted by Gasteiger charge is -2.00. The number of rotatable bonds is 2. The lowest BCUT2D eigenvalue weighted by atomic mass is 10.1.